The van der Waals surface area contributed by atoms with Crippen LogP contribution in [0.15, 0.2) is 54.6 Å². The normalized spacial score (nSPS) is 21.1. The second kappa shape index (κ2) is 8.75. The summed E-state index contributed by atoms with van der Waals surface area (Å²) in [5.74, 6) is -0.236. The fraction of sp³-hybridized carbons (Fsp3) is 0.367. The average Bonchev–Trinajstić information content (AvgIpc) is 3.10. The minimum absolute atomic E-state index is 0.0369. The molecule has 0 spiro atoms. The lowest BCUT2D eigenvalue weighted by molar-refractivity contribution is 0.0286. The van der Waals surface area contributed by atoms with Gasteiger partial charge in [0.2, 0.25) is 0 Å². The van der Waals surface area contributed by atoms with Crippen molar-refractivity contribution in [3.8, 4) is 0 Å². The summed E-state index contributed by atoms with van der Waals surface area (Å²) in [5.41, 5.74) is 7.48. The predicted molar refractivity (Wildman–Crippen MR) is 135 cm³/mol. The Labute approximate surface area is 202 Å². The highest BCUT2D eigenvalue weighted by Gasteiger charge is 2.52. The molecular formula is C30H33FN2O. The molecule has 2 aliphatic rings. The van der Waals surface area contributed by atoms with Crippen LogP contribution in [0.4, 0.5) is 4.39 Å². The van der Waals surface area contributed by atoms with Crippen LogP contribution in [0.1, 0.15) is 49.3 Å². The molecule has 1 saturated heterocycles. The monoisotopic (exact) mass is 456 g/mol. The van der Waals surface area contributed by atoms with Crippen molar-refractivity contribution in [1.82, 2.24) is 9.80 Å². The van der Waals surface area contributed by atoms with Gasteiger partial charge in [-0.3, -0.25) is 14.6 Å². The van der Waals surface area contributed by atoms with Crippen LogP contribution in [0.2, 0.25) is 0 Å². The minimum atomic E-state index is -0.840. The maximum Gasteiger partial charge on any atom is 0.188 e. The van der Waals surface area contributed by atoms with Crippen molar-refractivity contribution in [2.24, 2.45) is 0 Å². The Kier molecular flexibility index (Phi) is 5.91. The molecule has 3 aromatic carbocycles. The number of Topliss-reactive ketones (excluding diaryl/α,β-unsaturated/α-hetero) is 1. The van der Waals surface area contributed by atoms with E-state index in [9.17, 15) is 9.18 Å². The topological polar surface area (TPSA) is 23.6 Å². The first-order chi connectivity index (χ1) is 16.3. The van der Waals surface area contributed by atoms with Crippen LogP contribution in [-0.2, 0) is 18.5 Å². The lowest BCUT2D eigenvalue weighted by atomic mass is 9.82. The number of ketones is 1. The highest BCUT2D eigenvalue weighted by atomic mass is 19.1. The van der Waals surface area contributed by atoms with Crippen LogP contribution in [0, 0.1) is 33.5 Å². The maximum atomic E-state index is 14.8. The standard InChI is InChI=1S/C30H33FN2O/c1-20-8-9-24(23(4)15-20)19-32-10-12-33(13-11-32)30(25-16-21(2)14-22(3)17-25)18-27-26(29(30)34)6-5-7-28(27)31/h5-9,14-17H,10-13,18-19H2,1-4H3. The molecule has 1 heterocycles. The second-order valence-electron chi connectivity index (χ2n) is 10.2. The van der Waals surface area contributed by atoms with Crippen LogP contribution in [0.25, 0.3) is 0 Å². The quantitative estimate of drug-likeness (QED) is 0.517. The number of benzene rings is 3. The molecule has 0 radical (unpaired) electrons. The summed E-state index contributed by atoms with van der Waals surface area (Å²) < 4.78 is 14.8. The van der Waals surface area contributed by atoms with Crippen molar-refractivity contribution >= 4 is 5.78 Å². The third kappa shape index (κ3) is 3.89. The molecule has 0 saturated carbocycles. The van der Waals surface area contributed by atoms with E-state index >= 15 is 0 Å². The SMILES string of the molecule is Cc1cc(C)cc(C2(N3CCN(Cc4ccc(C)cc4C)CC3)Cc3c(F)cccc3C2=O)c1. The molecule has 0 N–H and O–H groups in total. The largest absolute Gasteiger partial charge is 0.297 e. The Morgan fingerprint density at radius 3 is 2.21 bits per heavy atom. The van der Waals surface area contributed by atoms with Gasteiger partial charge in [0.05, 0.1) is 0 Å². The van der Waals surface area contributed by atoms with Crippen molar-refractivity contribution in [2.45, 2.75) is 46.2 Å². The van der Waals surface area contributed by atoms with E-state index in [-0.39, 0.29) is 11.6 Å². The van der Waals surface area contributed by atoms with E-state index in [0.29, 0.717) is 17.5 Å². The van der Waals surface area contributed by atoms with E-state index in [1.807, 2.05) is 0 Å². The smallest absolute Gasteiger partial charge is 0.188 e. The summed E-state index contributed by atoms with van der Waals surface area (Å²) >= 11 is 0. The number of aryl methyl sites for hydroxylation is 4. The number of rotatable bonds is 4. The number of halogens is 1. The third-order valence-electron chi connectivity index (χ3n) is 7.68. The van der Waals surface area contributed by atoms with Gasteiger partial charge in [-0.05, 0) is 50.5 Å². The first-order valence-corrected chi connectivity index (χ1v) is 12.2. The van der Waals surface area contributed by atoms with Crippen LogP contribution in [0.3, 0.4) is 0 Å². The number of carbonyl (C=O) groups is 1. The van der Waals surface area contributed by atoms with Gasteiger partial charge in [-0.15, -0.1) is 0 Å². The zero-order valence-electron chi connectivity index (χ0n) is 20.6. The lowest BCUT2D eigenvalue weighted by Gasteiger charge is -2.45. The molecule has 0 aromatic heterocycles. The van der Waals surface area contributed by atoms with Crippen LogP contribution < -0.4 is 0 Å². The third-order valence-corrected chi connectivity index (χ3v) is 7.68. The Balaban J connectivity index is 1.46. The van der Waals surface area contributed by atoms with Crippen molar-refractivity contribution in [2.75, 3.05) is 26.2 Å². The van der Waals surface area contributed by atoms with Gasteiger partial charge in [-0.2, -0.15) is 0 Å². The number of piperazine rings is 1. The molecule has 1 fully saturated rings. The molecule has 1 aliphatic heterocycles. The average molecular weight is 457 g/mol. The molecule has 1 aliphatic carbocycles. The van der Waals surface area contributed by atoms with E-state index < -0.39 is 5.54 Å². The zero-order chi connectivity index (χ0) is 24.0. The van der Waals surface area contributed by atoms with Crippen molar-refractivity contribution in [1.29, 1.82) is 0 Å². The van der Waals surface area contributed by atoms with Crippen LogP contribution in [-0.4, -0.2) is 41.8 Å². The Bertz CT molecular complexity index is 1240. The molecule has 3 aromatic rings. The summed E-state index contributed by atoms with van der Waals surface area (Å²) in [5, 5.41) is 0. The van der Waals surface area contributed by atoms with Gasteiger partial charge in [-0.1, -0.05) is 65.2 Å². The van der Waals surface area contributed by atoms with Gasteiger partial charge in [-0.25, -0.2) is 4.39 Å². The summed E-state index contributed by atoms with van der Waals surface area (Å²) in [6.45, 7) is 12.7. The van der Waals surface area contributed by atoms with Gasteiger partial charge in [0.15, 0.2) is 5.78 Å². The molecule has 34 heavy (non-hydrogen) atoms. The first-order valence-electron chi connectivity index (χ1n) is 12.2. The van der Waals surface area contributed by atoms with E-state index in [1.165, 1.54) is 22.8 Å². The number of fused-ring (bicyclic) bond motifs is 1. The molecular weight excluding hydrogens is 423 g/mol. The van der Waals surface area contributed by atoms with Gasteiger partial charge in [0.25, 0.3) is 0 Å². The zero-order valence-corrected chi connectivity index (χ0v) is 20.6. The van der Waals surface area contributed by atoms with E-state index in [2.05, 4.69) is 73.9 Å². The predicted octanol–water partition coefficient (Wildman–Crippen LogP) is 5.51. The second-order valence-corrected chi connectivity index (χ2v) is 10.2. The molecule has 1 unspecified atom stereocenters. The van der Waals surface area contributed by atoms with E-state index in [4.69, 9.17) is 0 Å². The Hall–Kier alpha value is -2.82. The van der Waals surface area contributed by atoms with Gasteiger partial charge in [0, 0.05) is 50.3 Å². The Morgan fingerprint density at radius 1 is 0.853 bits per heavy atom. The number of hydrogen-bond acceptors (Lipinski definition) is 3. The number of nitrogens with zero attached hydrogens (tertiary/aromatic N) is 2. The fourth-order valence-corrected chi connectivity index (χ4v) is 5.95. The summed E-state index contributed by atoms with van der Waals surface area (Å²) in [6.07, 6.45) is 0.397. The lowest BCUT2D eigenvalue weighted by Crippen LogP contribution is -2.58. The van der Waals surface area contributed by atoms with E-state index in [1.54, 1.807) is 12.1 Å². The van der Waals surface area contributed by atoms with Crippen molar-refractivity contribution in [3.05, 3.63) is 105 Å². The fourth-order valence-electron chi connectivity index (χ4n) is 5.95. The van der Waals surface area contributed by atoms with Gasteiger partial charge in [0.1, 0.15) is 11.4 Å². The van der Waals surface area contributed by atoms with Crippen molar-refractivity contribution in [3.63, 3.8) is 0 Å². The maximum absolute atomic E-state index is 14.8. The minimum Gasteiger partial charge on any atom is -0.297 e. The molecule has 5 rings (SSSR count). The van der Waals surface area contributed by atoms with E-state index in [0.717, 1.165) is 49.4 Å². The van der Waals surface area contributed by atoms with Gasteiger partial charge < -0.3 is 0 Å². The molecule has 0 bridgehead atoms. The van der Waals surface area contributed by atoms with Crippen LogP contribution in [0.5, 0.6) is 0 Å². The summed E-state index contributed by atoms with van der Waals surface area (Å²) in [4.78, 5) is 18.8. The van der Waals surface area contributed by atoms with Crippen LogP contribution >= 0.6 is 0 Å². The highest BCUT2D eigenvalue weighted by Crippen LogP contribution is 2.44. The van der Waals surface area contributed by atoms with Gasteiger partial charge >= 0.3 is 0 Å². The molecule has 4 heteroatoms. The first kappa shape index (κ1) is 22.9. The Morgan fingerprint density at radius 2 is 1.56 bits per heavy atom. The molecule has 1 atom stereocenters. The summed E-state index contributed by atoms with van der Waals surface area (Å²) in [7, 11) is 0. The van der Waals surface area contributed by atoms with Crippen molar-refractivity contribution < 1.29 is 9.18 Å². The molecule has 176 valence electrons. The summed E-state index contributed by atoms with van der Waals surface area (Å²) in [6, 6.07) is 18.0. The number of hydrogen-bond donors (Lipinski definition) is 0. The number of carbonyl (C=O) groups excluding carboxylic acids is 1. The highest BCUT2D eigenvalue weighted by molar-refractivity contribution is 6.08. The molecule has 0 amide bonds. The molecule has 3 nitrogen and oxygen atoms in total.